The number of hydrogen-bond donors (Lipinski definition) is 1. The van der Waals surface area contributed by atoms with Crippen molar-refractivity contribution < 1.29 is 0 Å². The highest BCUT2D eigenvalue weighted by Gasteiger charge is 2.23. The van der Waals surface area contributed by atoms with Gasteiger partial charge in [0, 0.05) is 5.69 Å². The predicted octanol–water partition coefficient (Wildman–Crippen LogP) is 4.66. The lowest BCUT2D eigenvalue weighted by atomic mass is 9.80. The second-order valence-corrected chi connectivity index (χ2v) is 5.85. The van der Waals surface area contributed by atoms with Crippen molar-refractivity contribution in [2.45, 2.75) is 37.6 Å². The van der Waals surface area contributed by atoms with Gasteiger partial charge in [0.15, 0.2) is 0 Å². The van der Waals surface area contributed by atoms with E-state index in [9.17, 15) is 0 Å². The standard InChI is InChI=1S/C18H19N/c1-2-7-17-16(4-1)12-18(19-17)15-10-8-14(9-11-15)13-5-3-6-13/h1-2,4,7-11,13,18-19H,3,5-6,12H2. The van der Waals surface area contributed by atoms with Crippen LogP contribution in [0.4, 0.5) is 5.69 Å². The predicted molar refractivity (Wildman–Crippen MR) is 79.5 cm³/mol. The van der Waals surface area contributed by atoms with Crippen LogP contribution in [-0.4, -0.2) is 0 Å². The summed E-state index contributed by atoms with van der Waals surface area (Å²) in [6, 6.07) is 18.4. The zero-order chi connectivity index (χ0) is 12.7. The first-order valence-electron chi connectivity index (χ1n) is 7.34. The van der Waals surface area contributed by atoms with Gasteiger partial charge in [0.1, 0.15) is 0 Å². The third-order valence-corrected chi connectivity index (χ3v) is 4.69. The number of hydrogen-bond acceptors (Lipinski definition) is 1. The second-order valence-electron chi connectivity index (χ2n) is 5.85. The summed E-state index contributed by atoms with van der Waals surface area (Å²) in [7, 11) is 0. The van der Waals surface area contributed by atoms with Crippen molar-refractivity contribution in [3.05, 3.63) is 65.2 Å². The number of anilines is 1. The summed E-state index contributed by atoms with van der Waals surface area (Å²) in [4.78, 5) is 0. The minimum absolute atomic E-state index is 0.452. The highest BCUT2D eigenvalue weighted by Crippen LogP contribution is 2.38. The normalized spacial score (nSPS) is 21.6. The van der Waals surface area contributed by atoms with Crippen LogP contribution < -0.4 is 5.32 Å². The molecule has 1 N–H and O–H groups in total. The molecule has 0 saturated heterocycles. The summed E-state index contributed by atoms with van der Waals surface area (Å²) in [5, 5.41) is 3.63. The SMILES string of the molecule is c1ccc2c(c1)CC(c1ccc(C3CCC3)cc1)N2. The van der Waals surface area contributed by atoms with Gasteiger partial charge in [0.2, 0.25) is 0 Å². The first kappa shape index (κ1) is 11.1. The van der Waals surface area contributed by atoms with E-state index in [0.29, 0.717) is 6.04 Å². The van der Waals surface area contributed by atoms with Crippen molar-refractivity contribution in [1.29, 1.82) is 0 Å². The molecule has 19 heavy (non-hydrogen) atoms. The molecule has 0 spiro atoms. The summed E-state index contributed by atoms with van der Waals surface area (Å²) in [6.45, 7) is 0. The molecule has 0 amide bonds. The van der Waals surface area contributed by atoms with Gasteiger partial charge in [-0.3, -0.25) is 0 Å². The molecule has 1 saturated carbocycles. The molecule has 2 aliphatic rings. The average Bonchev–Trinajstić information content (AvgIpc) is 2.81. The van der Waals surface area contributed by atoms with E-state index in [-0.39, 0.29) is 0 Å². The van der Waals surface area contributed by atoms with Gasteiger partial charge in [-0.1, -0.05) is 48.9 Å². The molecule has 1 atom stereocenters. The Bertz CT molecular complexity index is 556. The largest absolute Gasteiger partial charge is 0.378 e. The highest BCUT2D eigenvalue weighted by atomic mass is 14.9. The molecule has 1 nitrogen and oxygen atoms in total. The van der Waals surface area contributed by atoms with E-state index < -0.39 is 0 Å². The van der Waals surface area contributed by atoms with Gasteiger partial charge in [-0.15, -0.1) is 0 Å². The minimum Gasteiger partial charge on any atom is -0.378 e. The molecule has 1 fully saturated rings. The zero-order valence-corrected chi connectivity index (χ0v) is 11.1. The van der Waals surface area contributed by atoms with Crippen LogP contribution in [0, 0.1) is 0 Å². The van der Waals surface area contributed by atoms with E-state index in [4.69, 9.17) is 0 Å². The van der Waals surface area contributed by atoms with Gasteiger partial charge in [0.05, 0.1) is 6.04 Å². The van der Waals surface area contributed by atoms with Crippen LogP contribution in [0.2, 0.25) is 0 Å². The van der Waals surface area contributed by atoms with E-state index in [1.165, 1.54) is 41.6 Å². The fraction of sp³-hybridized carbons (Fsp3) is 0.333. The Balaban J connectivity index is 1.54. The monoisotopic (exact) mass is 249 g/mol. The Morgan fingerprint density at radius 2 is 1.58 bits per heavy atom. The lowest BCUT2D eigenvalue weighted by Gasteiger charge is -2.26. The molecule has 0 bridgehead atoms. The number of rotatable bonds is 2. The third-order valence-electron chi connectivity index (χ3n) is 4.69. The molecule has 2 aromatic rings. The van der Waals surface area contributed by atoms with E-state index in [0.717, 1.165) is 12.3 Å². The third kappa shape index (κ3) is 1.94. The van der Waals surface area contributed by atoms with Crippen molar-refractivity contribution in [3.8, 4) is 0 Å². The molecule has 2 aromatic carbocycles. The maximum Gasteiger partial charge on any atom is 0.0555 e. The lowest BCUT2D eigenvalue weighted by molar-refractivity contribution is 0.419. The van der Waals surface area contributed by atoms with Crippen LogP contribution in [0.15, 0.2) is 48.5 Å². The van der Waals surface area contributed by atoms with Crippen molar-refractivity contribution >= 4 is 5.69 Å². The van der Waals surface area contributed by atoms with Crippen LogP contribution in [-0.2, 0) is 6.42 Å². The Hall–Kier alpha value is -1.76. The van der Waals surface area contributed by atoms with Crippen LogP contribution in [0.5, 0.6) is 0 Å². The molecule has 1 aliphatic heterocycles. The number of para-hydroxylation sites is 1. The average molecular weight is 249 g/mol. The number of fused-ring (bicyclic) bond motifs is 1. The molecule has 1 unspecified atom stereocenters. The number of benzene rings is 2. The summed E-state index contributed by atoms with van der Waals surface area (Å²) in [5.74, 6) is 0.836. The summed E-state index contributed by atoms with van der Waals surface area (Å²) < 4.78 is 0. The van der Waals surface area contributed by atoms with E-state index >= 15 is 0 Å². The van der Waals surface area contributed by atoms with Crippen LogP contribution in [0.3, 0.4) is 0 Å². The quantitative estimate of drug-likeness (QED) is 0.816. The molecule has 1 aliphatic carbocycles. The Labute approximate surface area is 114 Å². The maximum absolute atomic E-state index is 3.63. The van der Waals surface area contributed by atoms with Gasteiger partial charge >= 0.3 is 0 Å². The molecule has 1 heteroatoms. The molecule has 0 radical (unpaired) electrons. The van der Waals surface area contributed by atoms with Gasteiger partial charge in [0.25, 0.3) is 0 Å². The van der Waals surface area contributed by atoms with Crippen LogP contribution in [0.25, 0.3) is 0 Å². The highest BCUT2D eigenvalue weighted by molar-refractivity contribution is 5.58. The summed E-state index contributed by atoms with van der Waals surface area (Å²) >= 11 is 0. The molecule has 4 rings (SSSR count). The van der Waals surface area contributed by atoms with Gasteiger partial charge in [-0.05, 0) is 47.9 Å². The Kier molecular flexibility index (Phi) is 2.58. The first-order chi connectivity index (χ1) is 9.40. The van der Waals surface area contributed by atoms with Crippen LogP contribution >= 0.6 is 0 Å². The maximum atomic E-state index is 3.63. The van der Waals surface area contributed by atoms with Gasteiger partial charge in [-0.25, -0.2) is 0 Å². The zero-order valence-electron chi connectivity index (χ0n) is 11.1. The first-order valence-corrected chi connectivity index (χ1v) is 7.34. The minimum atomic E-state index is 0.452. The molecular formula is C18H19N. The second kappa shape index (κ2) is 4.41. The van der Waals surface area contributed by atoms with E-state index in [2.05, 4.69) is 53.8 Å². The fourth-order valence-corrected chi connectivity index (χ4v) is 3.24. The molecule has 0 aromatic heterocycles. The summed E-state index contributed by atoms with van der Waals surface area (Å²) in [6.07, 6.45) is 5.28. The van der Waals surface area contributed by atoms with Crippen molar-refractivity contribution in [2.24, 2.45) is 0 Å². The van der Waals surface area contributed by atoms with Crippen molar-refractivity contribution in [1.82, 2.24) is 0 Å². The molecule has 1 heterocycles. The van der Waals surface area contributed by atoms with E-state index in [1.54, 1.807) is 0 Å². The van der Waals surface area contributed by atoms with Gasteiger partial charge in [-0.2, -0.15) is 0 Å². The molecular weight excluding hydrogens is 230 g/mol. The van der Waals surface area contributed by atoms with E-state index in [1.807, 2.05) is 0 Å². The smallest absolute Gasteiger partial charge is 0.0555 e. The Morgan fingerprint density at radius 3 is 2.26 bits per heavy atom. The molecule has 96 valence electrons. The summed E-state index contributed by atoms with van der Waals surface area (Å²) in [5.41, 5.74) is 5.69. The topological polar surface area (TPSA) is 12.0 Å². The fourth-order valence-electron chi connectivity index (χ4n) is 3.24. The Morgan fingerprint density at radius 1 is 0.842 bits per heavy atom. The van der Waals surface area contributed by atoms with Gasteiger partial charge < -0.3 is 5.32 Å². The van der Waals surface area contributed by atoms with Crippen LogP contribution in [0.1, 0.15) is 47.9 Å². The van der Waals surface area contributed by atoms with Crippen molar-refractivity contribution in [3.63, 3.8) is 0 Å². The van der Waals surface area contributed by atoms with Crippen molar-refractivity contribution in [2.75, 3.05) is 5.32 Å². The lowest BCUT2D eigenvalue weighted by Crippen LogP contribution is -2.10. The number of nitrogens with one attached hydrogen (secondary N) is 1.